The third-order valence-corrected chi connectivity index (χ3v) is 4.97. The number of phenols is 1. The molecule has 4 aromatic rings. The summed E-state index contributed by atoms with van der Waals surface area (Å²) in [6, 6.07) is 16.3. The second kappa shape index (κ2) is 9.62. The number of nitrogens with one attached hydrogen (secondary N) is 1. The highest BCUT2D eigenvalue weighted by atomic mass is 35.5. The standard InChI is InChI=1S/C24H20ClFN2O4/c1-2-30-21-5-3-4-6-22(21)32-23-13-27-28-24(23)18-10-9-17(12-20(18)29)31-14-15-7-8-16(26)11-19(15)25/h3-13,29H,2,14H2,1H3,(H,27,28). The van der Waals surface area contributed by atoms with Crippen molar-refractivity contribution in [3.05, 3.63) is 83.3 Å². The molecule has 0 fully saturated rings. The first-order valence-electron chi connectivity index (χ1n) is 9.88. The molecule has 0 aliphatic heterocycles. The summed E-state index contributed by atoms with van der Waals surface area (Å²) in [6.07, 6.45) is 1.53. The highest BCUT2D eigenvalue weighted by Crippen LogP contribution is 2.40. The lowest BCUT2D eigenvalue weighted by atomic mass is 10.1. The van der Waals surface area contributed by atoms with Gasteiger partial charge < -0.3 is 19.3 Å². The predicted octanol–water partition coefficient (Wildman–Crippen LogP) is 6.34. The summed E-state index contributed by atoms with van der Waals surface area (Å²) in [5.74, 6) is 1.55. The van der Waals surface area contributed by atoms with Crippen LogP contribution in [0, 0.1) is 5.82 Å². The largest absolute Gasteiger partial charge is 0.507 e. The maximum atomic E-state index is 13.2. The van der Waals surface area contributed by atoms with E-state index in [1.807, 2.05) is 25.1 Å². The van der Waals surface area contributed by atoms with Crippen molar-refractivity contribution in [1.82, 2.24) is 10.2 Å². The number of aromatic amines is 1. The number of H-pyrrole nitrogens is 1. The minimum Gasteiger partial charge on any atom is -0.507 e. The van der Waals surface area contributed by atoms with Crippen LogP contribution in [0.25, 0.3) is 11.3 Å². The van der Waals surface area contributed by atoms with Crippen LogP contribution in [0.5, 0.6) is 28.7 Å². The van der Waals surface area contributed by atoms with Crippen molar-refractivity contribution in [3.63, 3.8) is 0 Å². The van der Waals surface area contributed by atoms with Crippen LogP contribution < -0.4 is 14.2 Å². The summed E-state index contributed by atoms with van der Waals surface area (Å²) in [5.41, 5.74) is 1.62. The van der Waals surface area contributed by atoms with Gasteiger partial charge in [0.25, 0.3) is 0 Å². The Morgan fingerprint density at radius 1 is 1.00 bits per heavy atom. The van der Waals surface area contributed by atoms with Crippen molar-refractivity contribution in [1.29, 1.82) is 0 Å². The predicted molar refractivity (Wildman–Crippen MR) is 119 cm³/mol. The minimum absolute atomic E-state index is 0.0279. The molecule has 6 nitrogen and oxygen atoms in total. The number of benzene rings is 3. The van der Waals surface area contributed by atoms with E-state index in [1.54, 1.807) is 24.3 Å². The second-order valence-electron chi connectivity index (χ2n) is 6.79. The fourth-order valence-corrected chi connectivity index (χ4v) is 3.31. The van der Waals surface area contributed by atoms with Gasteiger partial charge in [0, 0.05) is 17.2 Å². The molecule has 0 radical (unpaired) electrons. The lowest BCUT2D eigenvalue weighted by molar-refractivity contribution is 0.304. The molecule has 1 aromatic heterocycles. The van der Waals surface area contributed by atoms with Gasteiger partial charge in [-0.25, -0.2) is 4.39 Å². The molecule has 164 valence electrons. The van der Waals surface area contributed by atoms with Crippen molar-refractivity contribution >= 4 is 11.6 Å². The van der Waals surface area contributed by atoms with Crippen LogP contribution in [0.3, 0.4) is 0 Å². The zero-order valence-corrected chi connectivity index (χ0v) is 17.9. The van der Waals surface area contributed by atoms with Gasteiger partial charge in [-0.15, -0.1) is 0 Å². The van der Waals surface area contributed by atoms with E-state index in [0.717, 1.165) is 0 Å². The Balaban J connectivity index is 1.52. The summed E-state index contributed by atoms with van der Waals surface area (Å²) in [4.78, 5) is 0. The fourth-order valence-electron chi connectivity index (χ4n) is 3.09. The summed E-state index contributed by atoms with van der Waals surface area (Å²) >= 11 is 6.03. The van der Waals surface area contributed by atoms with Gasteiger partial charge in [0.05, 0.1) is 17.8 Å². The van der Waals surface area contributed by atoms with E-state index in [9.17, 15) is 9.50 Å². The second-order valence-corrected chi connectivity index (χ2v) is 7.20. The average molecular weight is 455 g/mol. The van der Waals surface area contributed by atoms with Crippen LogP contribution in [-0.4, -0.2) is 21.9 Å². The normalized spacial score (nSPS) is 10.7. The maximum absolute atomic E-state index is 13.2. The monoisotopic (exact) mass is 454 g/mol. The van der Waals surface area contributed by atoms with Gasteiger partial charge in [-0.2, -0.15) is 5.10 Å². The van der Waals surface area contributed by atoms with Crippen LogP contribution in [0.4, 0.5) is 4.39 Å². The number of hydrogen-bond acceptors (Lipinski definition) is 5. The topological polar surface area (TPSA) is 76.6 Å². The molecule has 0 aliphatic carbocycles. The Kier molecular flexibility index (Phi) is 6.47. The van der Waals surface area contributed by atoms with Crippen molar-refractivity contribution in [3.8, 4) is 40.0 Å². The highest BCUT2D eigenvalue weighted by molar-refractivity contribution is 6.31. The van der Waals surface area contributed by atoms with Crippen molar-refractivity contribution < 1.29 is 23.7 Å². The fraction of sp³-hybridized carbons (Fsp3) is 0.125. The van der Waals surface area contributed by atoms with Gasteiger partial charge in [-0.3, -0.25) is 5.10 Å². The quantitative estimate of drug-likeness (QED) is 0.324. The number of aromatic nitrogens is 2. The molecule has 0 bridgehead atoms. The first-order chi connectivity index (χ1) is 15.5. The number of hydrogen-bond donors (Lipinski definition) is 2. The van der Waals surface area contributed by atoms with Gasteiger partial charge in [0.2, 0.25) is 0 Å². The molecule has 3 aromatic carbocycles. The molecule has 2 N–H and O–H groups in total. The first-order valence-corrected chi connectivity index (χ1v) is 10.3. The number of halogens is 2. The van der Waals surface area contributed by atoms with Crippen molar-refractivity contribution in [2.45, 2.75) is 13.5 Å². The Morgan fingerprint density at radius 3 is 2.56 bits per heavy atom. The van der Waals surface area contributed by atoms with E-state index >= 15 is 0 Å². The number of nitrogens with zero attached hydrogens (tertiary/aromatic N) is 1. The number of aromatic hydroxyl groups is 1. The highest BCUT2D eigenvalue weighted by Gasteiger charge is 2.16. The maximum Gasteiger partial charge on any atom is 0.173 e. The van der Waals surface area contributed by atoms with E-state index in [4.69, 9.17) is 25.8 Å². The lowest BCUT2D eigenvalue weighted by Crippen LogP contribution is -1.97. The Morgan fingerprint density at radius 2 is 1.81 bits per heavy atom. The number of para-hydroxylation sites is 2. The minimum atomic E-state index is -0.415. The van der Waals surface area contributed by atoms with Gasteiger partial charge >= 0.3 is 0 Å². The number of phenolic OH excluding ortho intramolecular Hbond substituents is 1. The molecule has 0 atom stereocenters. The van der Waals surface area contributed by atoms with Crippen molar-refractivity contribution in [2.24, 2.45) is 0 Å². The van der Waals surface area contributed by atoms with Crippen LogP contribution in [0.15, 0.2) is 66.9 Å². The summed E-state index contributed by atoms with van der Waals surface area (Å²) < 4.78 is 30.5. The third-order valence-electron chi connectivity index (χ3n) is 4.62. The molecule has 0 aliphatic rings. The number of rotatable bonds is 8. The van der Waals surface area contributed by atoms with Crippen LogP contribution >= 0.6 is 11.6 Å². The Labute approximate surface area is 189 Å². The zero-order valence-electron chi connectivity index (χ0n) is 17.1. The van der Waals surface area contributed by atoms with Crippen LogP contribution in [0.2, 0.25) is 5.02 Å². The molecule has 0 unspecified atom stereocenters. The van der Waals surface area contributed by atoms with Crippen LogP contribution in [-0.2, 0) is 6.61 Å². The third kappa shape index (κ3) is 4.78. The Hall–Kier alpha value is -3.71. The summed E-state index contributed by atoms with van der Waals surface area (Å²) in [7, 11) is 0. The Bertz CT molecular complexity index is 1230. The number of ether oxygens (including phenoxy) is 3. The van der Waals surface area contributed by atoms with E-state index in [2.05, 4.69) is 10.2 Å². The van der Waals surface area contributed by atoms with E-state index in [0.29, 0.717) is 46.4 Å². The molecular formula is C24H20ClFN2O4. The lowest BCUT2D eigenvalue weighted by Gasteiger charge is -2.12. The van der Waals surface area contributed by atoms with Gasteiger partial charge in [-0.1, -0.05) is 29.8 Å². The molecule has 4 rings (SSSR count). The molecule has 1 heterocycles. The molecular weight excluding hydrogens is 435 g/mol. The van der Waals surface area contributed by atoms with E-state index < -0.39 is 5.82 Å². The van der Waals surface area contributed by atoms with E-state index in [1.165, 1.54) is 24.4 Å². The molecule has 0 spiro atoms. The molecule has 0 saturated heterocycles. The molecule has 8 heteroatoms. The molecule has 32 heavy (non-hydrogen) atoms. The first kappa shape index (κ1) is 21.5. The smallest absolute Gasteiger partial charge is 0.173 e. The van der Waals surface area contributed by atoms with Gasteiger partial charge in [-0.05, 0) is 43.3 Å². The molecule has 0 saturated carbocycles. The van der Waals surface area contributed by atoms with Crippen LogP contribution in [0.1, 0.15) is 12.5 Å². The zero-order chi connectivity index (χ0) is 22.5. The molecule has 0 amide bonds. The summed E-state index contributed by atoms with van der Waals surface area (Å²) in [5, 5.41) is 17.8. The SMILES string of the molecule is CCOc1ccccc1Oc1cn[nH]c1-c1ccc(OCc2ccc(F)cc2Cl)cc1O. The van der Waals surface area contributed by atoms with Gasteiger partial charge in [0.1, 0.15) is 29.6 Å². The van der Waals surface area contributed by atoms with E-state index in [-0.39, 0.29) is 17.4 Å². The van der Waals surface area contributed by atoms with Crippen molar-refractivity contribution in [2.75, 3.05) is 6.61 Å². The summed E-state index contributed by atoms with van der Waals surface area (Å²) in [6.45, 7) is 2.53. The van der Waals surface area contributed by atoms with Gasteiger partial charge in [0.15, 0.2) is 17.2 Å². The average Bonchev–Trinajstić information content (AvgIpc) is 3.22.